The second-order valence-electron chi connectivity index (χ2n) is 5.97. The molecule has 0 radical (unpaired) electrons. The van der Waals surface area contributed by atoms with E-state index in [9.17, 15) is 0 Å². The van der Waals surface area contributed by atoms with E-state index in [0.29, 0.717) is 12.2 Å². The molecular formula is C17H27ClNO2+. The molecule has 1 heterocycles. The van der Waals surface area contributed by atoms with Gasteiger partial charge in [0.2, 0.25) is 0 Å². The molecule has 1 aromatic rings. The second-order valence-corrected chi connectivity index (χ2v) is 6.38. The summed E-state index contributed by atoms with van der Waals surface area (Å²) < 4.78 is 11.6. The van der Waals surface area contributed by atoms with Gasteiger partial charge in [-0.15, -0.1) is 0 Å². The minimum absolute atomic E-state index is 0.369. The lowest BCUT2D eigenvalue weighted by Gasteiger charge is -2.32. The Morgan fingerprint density at radius 1 is 1.29 bits per heavy atom. The molecule has 0 amide bonds. The van der Waals surface area contributed by atoms with Gasteiger partial charge in [0.05, 0.1) is 13.2 Å². The summed E-state index contributed by atoms with van der Waals surface area (Å²) in [6, 6.07) is 5.92. The first kappa shape index (κ1) is 16.6. The summed E-state index contributed by atoms with van der Waals surface area (Å²) in [6.45, 7) is 10.5. The Balaban J connectivity index is 1.72. The van der Waals surface area contributed by atoms with Gasteiger partial charge in [-0.2, -0.15) is 0 Å². The summed E-state index contributed by atoms with van der Waals surface area (Å²) in [5.41, 5.74) is 1.15. The molecule has 1 aliphatic rings. The summed E-state index contributed by atoms with van der Waals surface area (Å²) in [5, 5.41) is 0.825. The van der Waals surface area contributed by atoms with Gasteiger partial charge >= 0.3 is 0 Å². The van der Waals surface area contributed by atoms with Crippen molar-refractivity contribution < 1.29 is 14.4 Å². The summed E-state index contributed by atoms with van der Waals surface area (Å²) in [5.74, 6) is 0.926. The zero-order valence-electron chi connectivity index (χ0n) is 13.3. The molecule has 1 unspecified atom stereocenters. The Morgan fingerprint density at radius 3 is 2.67 bits per heavy atom. The van der Waals surface area contributed by atoms with Gasteiger partial charge in [0.15, 0.2) is 0 Å². The average molecular weight is 313 g/mol. The van der Waals surface area contributed by atoms with Crippen molar-refractivity contribution in [1.82, 2.24) is 0 Å². The molecule has 0 bridgehead atoms. The SMILES string of the molecule is CCc1cc(OCCC[NH+]2C[C@@H](C)O[C@@H](C)C2)ccc1Cl. The summed E-state index contributed by atoms with van der Waals surface area (Å²) in [6.07, 6.45) is 2.74. The van der Waals surface area contributed by atoms with Gasteiger partial charge in [-0.05, 0) is 44.0 Å². The molecule has 0 aromatic heterocycles. The zero-order valence-corrected chi connectivity index (χ0v) is 14.1. The number of halogens is 1. The van der Waals surface area contributed by atoms with Crippen LogP contribution in [0, 0.1) is 0 Å². The fraction of sp³-hybridized carbons (Fsp3) is 0.647. The van der Waals surface area contributed by atoms with Crippen LogP contribution in [0.1, 0.15) is 32.8 Å². The van der Waals surface area contributed by atoms with Gasteiger partial charge in [0.1, 0.15) is 31.0 Å². The van der Waals surface area contributed by atoms with E-state index in [0.717, 1.165) is 55.4 Å². The molecule has 0 aliphatic carbocycles. The highest BCUT2D eigenvalue weighted by Crippen LogP contribution is 2.22. The summed E-state index contributed by atoms with van der Waals surface area (Å²) >= 11 is 6.12. The van der Waals surface area contributed by atoms with Crippen molar-refractivity contribution >= 4 is 11.6 Å². The summed E-state index contributed by atoms with van der Waals surface area (Å²) in [4.78, 5) is 1.62. The highest BCUT2D eigenvalue weighted by atomic mass is 35.5. The molecule has 3 atom stereocenters. The molecule has 1 aliphatic heterocycles. The van der Waals surface area contributed by atoms with E-state index < -0.39 is 0 Å². The van der Waals surface area contributed by atoms with E-state index in [1.165, 1.54) is 0 Å². The smallest absolute Gasteiger partial charge is 0.119 e. The topological polar surface area (TPSA) is 22.9 Å². The number of aryl methyl sites for hydroxylation is 1. The van der Waals surface area contributed by atoms with Crippen LogP contribution >= 0.6 is 11.6 Å². The third-order valence-electron chi connectivity index (χ3n) is 3.96. The van der Waals surface area contributed by atoms with Gasteiger partial charge in [-0.1, -0.05) is 18.5 Å². The molecule has 0 saturated carbocycles. The molecule has 0 spiro atoms. The highest BCUT2D eigenvalue weighted by Gasteiger charge is 2.24. The minimum Gasteiger partial charge on any atom is -0.493 e. The Hall–Kier alpha value is -0.770. The Morgan fingerprint density at radius 2 is 2.00 bits per heavy atom. The predicted molar refractivity (Wildman–Crippen MR) is 86.5 cm³/mol. The van der Waals surface area contributed by atoms with Crippen LogP contribution in [0.15, 0.2) is 18.2 Å². The first-order chi connectivity index (χ1) is 10.1. The lowest BCUT2D eigenvalue weighted by atomic mass is 10.1. The van der Waals surface area contributed by atoms with E-state index in [-0.39, 0.29) is 0 Å². The van der Waals surface area contributed by atoms with E-state index in [1.807, 2.05) is 18.2 Å². The zero-order chi connectivity index (χ0) is 15.2. The number of hydrogen-bond acceptors (Lipinski definition) is 2. The van der Waals surface area contributed by atoms with Crippen LogP contribution in [0.2, 0.25) is 5.02 Å². The Bertz CT molecular complexity index is 442. The number of morpholine rings is 1. The third-order valence-corrected chi connectivity index (χ3v) is 4.33. The Kier molecular flexibility index (Phi) is 6.34. The van der Waals surface area contributed by atoms with Crippen molar-refractivity contribution in [1.29, 1.82) is 0 Å². The van der Waals surface area contributed by atoms with Gasteiger partial charge in [-0.25, -0.2) is 0 Å². The molecule has 2 rings (SSSR count). The van der Waals surface area contributed by atoms with Gasteiger partial charge < -0.3 is 14.4 Å². The second kappa shape index (κ2) is 8.02. The van der Waals surface area contributed by atoms with Crippen molar-refractivity contribution in [2.75, 3.05) is 26.2 Å². The molecule has 1 N–H and O–H groups in total. The first-order valence-corrected chi connectivity index (χ1v) is 8.36. The molecule has 1 fully saturated rings. The van der Waals surface area contributed by atoms with Crippen LogP contribution < -0.4 is 9.64 Å². The van der Waals surface area contributed by atoms with Crippen molar-refractivity contribution in [2.24, 2.45) is 0 Å². The maximum absolute atomic E-state index is 6.12. The van der Waals surface area contributed by atoms with Gasteiger partial charge in [0, 0.05) is 11.4 Å². The third kappa shape index (κ3) is 5.17. The van der Waals surface area contributed by atoms with Crippen LogP contribution in [-0.4, -0.2) is 38.4 Å². The van der Waals surface area contributed by atoms with Crippen LogP contribution in [0.3, 0.4) is 0 Å². The Labute approximate surface area is 133 Å². The molecule has 21 heavy (non-hydrogen) atoms. The first-order valence-electron chi connectivity index (χ1n) is 7.98. The predicted octanol–water partition coefficient (Wildman–Crippen LogP) is 2.36. The molecule has 118 valence electrons. The lowest BCUT2D eigenvalue weighted by Crippen LogP contribution is -3.15. The number of nitrogens with one attached hydrogen (secondary N) is 1. The maximum atomic E-state index is 6.12. The lowest BCUT2D eigenvalue weighted by molar-refractivity contribution is -0.915. The quantitative estimate of drug-likeness (QED) is 0.815. The number of hydrogen-bond donors (Lipinski definition) is 1. The van der Waals surface area contributed by atoms with E-state index in [2.05, 4.69) is 20.8 Å². The van der Waals surface area contributed by atoms with Crippen molar-refractivity contribution in [2.45, 2.75) is 45.8 Å². The standard InChI is InChI=1S/C17H26ClNO2/c1-4-15-10-16(6-7-17(15)18)20-9-5-8-19-11-13(2)21-14(3)12-19/h6-7,10,13-14H,4-5,8-9,11-12H2,1-3H3/p+1/t13-,14+. The van der Waals surface area contributed by atoms with Crippen LogP contribution in [0.5, 0.6) is 5.75 Å². The summed E-state index contributed by atoms with van der Waals surface area (Å²) in [7, 11) is 0. The van der Waals surface area contributed by atoms with Crippen LogP contribution in [0.25, 0.3) is 0 Å². The fourth-order valence-electron chi connectivity index (χ4n) is 3.02. The van der Waals surface area contributed by atoms with Crippen molar-refractivity contribution in [3.63, 3.8) is 0 Å². The number of ether oxygens (including phenoxy) is 2. The average Bonchev–Trinajstić information content (AvgIpc) is 2.44. The van der Waals surface area contributed by atoms with Gasteiger partial charge in [-0.3, -0.25) is 0 Å². The molecule has 1 saturated heterocycles. The molecule has 4 heteroatoms. The maximum Gasteiger partial charge on any atom is 0.119 e. The van der Waals surface area contributed by atoms with E-state index in [4.69, 9.17) is 21.1 Å². The van der Waals surface area contributed by atoms with Gasteiger partial charge in [0.25, 0.3) is 0 Å². The van der Waals surface area contributed by atoms with Crippen LogP contribution in [0.4, 0.5) is 0 Å². The number of rotatable bonds is 6. The monoisotopic (exact) mass is 312 g/mol. The van der Waals surface area contributed by atoms with E-state index >= 15 is 0 Å². The molecule has 1 aromatic carbocycles. The van der Waals surface area contributed by atoms with Crippen molar-refractivity contribution in [3.8, 4) is 5.75 Å². The normalized spacial score (nSPS) is 25.8. The number of quaternary nitrogens is 1. The van der Waals surface area contributed by atoms with Crippen molar-refractivity contribution in [3.05, 3.63) is 28.8 Å². The van der Waals surface area contributed by atoms with Crippen LogP contribution in [-0.2, 0) is 11.2 Å². The number of benzene rings is 1. The highest BCUT2D eigenvalue weighted by molar-refractivity contribution is 6.31. The van der Waals surface area contributed by atoms with E-state index in [1.54, 1.807) is 4.90 Å². The largest absolute Gasteiger partial charge is 0.493 e. The molecular weight excluding hydrogens is 286 g/mol. The fourth-order valence-corrected chi connectivity index (χ4v) is 3.27. The minimum atomic E-state index is 0.369. The molecule has 3 nitrogen and oxygen atoms in total.